The smallest absolute Gasteiger partial charge is 0.337 e. The molecule has 1 aliphatic rings. The van der Waals surface area contributed by atoms with E-state index in [2.05, 4.69) is 4.74 Å². The summed E-state index contributed by atoms with van der Waals surface area (Å²) in [5, 5.41) is 0. The Bertz CT molecular complexity index is 250. The molecule has 5 heteroatoms. The first kappa shape index (κ1) is 11.1. The van der Waals surface area contributed by atoms with E-state index in [1.807, 2.05) is 0 Å². The van der Waals surface area contributed by atoms with Gasteiger partial charge in [-0.3, -0.25) is 4.79 Å². The summed E-state index contributed by atoms with van der Waals surface area (Å²) in [4.78, 5) is 22.6. The molecule has 2 unspecified atom stereocenters. The van der Waals surface area contributed by atoms with E-state index in [1.54, 1.807) is 6.92 Å². The normalized spacial score (nSPS) is 32.8. The van der Waals surface area contributed by atoms with E-state index in [0.717, 1.165) is 0 Å². The zero-order chi connectivity index (χ0) is 10.8. The van der Waals surface area contributed by atoms with Crippen LogP contribution in [0.15, 0.2) is 0 Å². The van der Waals surface area contributed by atoms with Gasteiger partial charge in [0.15, 0.2) is 11.4 Å². The van der Waals surface area contributed by atoms with Gasteiger partial charge in [0.2, 0.25) is 6.29 Å². The highest BCUT2D eigenvalue weighted by Gasteiger charge is 2.44. The highest BCUT2D eigenvalue weighted by atomic mass is 16.7. The fourth-order valence-electron chi connectivity index (χ4n) is 1.39. The second-order valence-electron chi connectivity index (χ2n) is 3.37. The molecule has 0 bridgehead atoms. The van der Waals surface area contributed by atoms with Crippen LogP contribution in [0.2, 0.25) is 0 Å². The quantitative estimate of drug-likeness (QED) is 0.601. The molecule has 1 saturated heterocycles. The van der Waals surface area contributed by atoms with Crippen LogP contribution in [0.25, 0.3) is 0 Å². The van der Waals surface area contributed by atoms with Gasteiger partial charge in [-0.05, 0) is 13.3 Å². The summed E-state index contributed by atoms with van der Waals surface area (Å²) < 4.78 is 14.6. The molecular weight excluding hydrogens is 188 g/mol. The Kier molecular flexibility index (Phi) is 3.23. The number of ether oxygens (including phenoxy) is 3. The van der Waals surface area contributed by atoms with Crippen molar-refractivity contribution in [3.8, 4) is 0 Å². The summed E-state index contributed by atoms with van der Waals surface area (Å²) in [5.74, 6) is -0.624. The number of ketones is 1. The van der Waals surface area contributed by atoms with Crippen molar-refractivity contribution in [2.75, 3.05) is 14.2 Å². The Morgan fingerprint density at radius 1 is 1.57 bits per heavy atom. The molecule has 0 aromatic heterocycles. The second-order valence-corrected chi connectivity index (χ2v) is 3.37. The molecule has 1 rings (SSSR count). The maximum atomic E-state index is 11.3. The number of rotatable bonds is 2. The highest BCUT2D eigenvalue weighted by Crippen LogP contribution is 2.27. The van der Waals surface area contributed by atoms with Gasteiger partial charge in [-0.15, -0.1) is 0 Å². The Labute approximate surface area is 82.3 Å². The Morgan fingerprint density at radius 2 is 2.21 bits per heavy atom. The highest BCUT2D eigenvalue weighted by molar-refractivity contribution is 5.86. The van der Waals surface area contributed by atoms with Gasteiger partial charge in [0.1, 0.15) is 0 Å². The molecule has 1 aliphatic heterocycles. The van der Waals surface area contributed by atoms with Crippen molar-refractivity contribution in [2.24, 2.45) is 0 Å². The lowest BCUT2D eigenvalue weighted by Crippen LogP contribution is -2.49. The summed E-state index contributed by atoms with van der Waals surface area (Å²) in [6, 6.07) is 0. The van der Waals surface area contributed by atoms with Crippen molar-refractivity contribution in [2.45, 2.75) is 31.7 Å². The fourth-order valence-corrected chi connectivity index (χ4v) is 1.39. The predicted molar refractivity (Wildman–Crippen MR) is 46.5 cm³/mol. The van der Waals surface area contributed by atoms with E-state index in [0.29, 0.717) is 6.42 Å². The van der Waals surface area contributed by atoms with Crippen molar-refractivity contribution < 1.29 is 23.8 Å². The molecule has 1 heterocycles. The first-order valence-electron chi connectivity index (χ1n) is 4.35. The average Bonchev–Trinajstić information content (AvgIpc) is 2.20. The molecule has 0 radical (unpaired) electrons. The van der Waals surface area contributed by atoms with Crippen LogP contribution in [-0.2, 0) is 23.8 Å². The Balaban J connectivity index is 2.74. The van der Waals surface area contributed by atoms with Crippen molar-refractivity contribution in [1.29, 1.82) is 0 Å². The Hall–Kier alpha value is -0.940. The van der Waals surface area contributed by atoms with Gasteiger partial charge in [-0.1, -0.05) is 0 Å². The van der Waals surface area contributed by atoms with E-state index >= 15 is 0 Å². The summed E-state index contributed by atoms with van der Waals surface area (Å²) in [6.07, 6.45) is -0.351. The van der Waals surface area contributed by atoms with Crippen molar-refractivity contribution in [3.63, 3.8) is 0 Å². The van der Waals surface area contributed by atoms with Crippen LogP contribution in [0.4, 0.5) is 0 Å². The zero-order valence-electron chi connectivity index (χ0n) is 8.53. The van der Waals surface area contributed by atoms with Gasteiger partial charge < -0.3 is 14.2 Å². The minimum absolute atomic E-state index is 0.145. The summed E-state index contributed by atoms with van der Waals surface area (Å²) in [7, 11) is 2.65. The van der Waals surface area contributed by atoms with Crippen molar-refractivity contribution in [1.82, 2.24) is 0 Å². The van der Waals surface area contributed by atoms with Crippen LogP contribution in [-0.4, -0.2) is 37.9 Å². The lowest BCUT2D eigenvalue weighted by molar-refractivity contribution is -0.223. The van der Waals surface area contributed by atoms with E-state index in [9.17, 15) is 9.59 Å². The van der Waals surface area contributed by atoms with Crippen molar-refractivity contribution in [3.05, 3.63) is 0 Å². The molecule has 0 aliphatic carbocycles. The third kappa shape index (κ3) is 1.93. The second kappa shape index (κ2) is 4.06. The van der Waals surface area contributed by atoms with Crippen LogP contribution in [0.3, 0.4) is 0 Å². The van der Waals surface area contributed by atoms with Crippen LogP contribution in [0.1, 0.15) is 19.8 Å². The number of hydrogen-bond acceptors (Lipinski definition) is 5. The van der Waals surface area contributed by atoms with E-state index < -0.39 is 17.9 Å². The molecule has 0 spiro atoms. The standard InChI is InChI=1S/C9H14O5/c1-9(8(11)13-3)5-4-6(10)7(12-2)14-9/h7H,4-5H2,1-3H3. The number of esters is 1. The molecule has 0 aromatic carbocycles. The molecule has 2 atom stereocenters. The third-order valence-corrected chi connectivity index (χ3v) is 2.31. The van der Waals surface area contributed by atoms with E-state index in [4.69, 9.17) is 9.47 Å². The summed E-state index contributed by atoms with van der Waals surface area (Å²) in [6.45, 7) is 1.59. The third-order valence-electron chi connectivity index (χ3n) is 2.31. The fraction of sp³-hybridized carbons (Fsp3) is 0.778. The van der Waals surface area contributed by atoms with Crippen LogP contribution < -0.4 is 0 Å². The number of carbonyl (C=O) groups excluding carboxylic acids is 2. The van der Waals surface area contributed by atoms with Gasteiger partial charge in [0.05, 0.1) is 7.11 Å². The average molecular weight is 202 g/mol. The van der Waals surface area contributed by atoms with Gasteiger partial charge in [0.25, 0.3) is 0 Å². The number of carbonyl (C=O) groups is 2. The Morgan fingerprint density at radius 3 is 2.71 bits per heavy atom. The molecule has 14 heavy (non-hydrogen) atoms. The first-order chi connectivity index (χ1) is 6.53. The molecule has 0 saturated carbocycles. The molecule has 5 nitrogen and oxygen atoms in total. The maximum Gasteiger partial charge on any atom is 0.337 e. The van der Waals surface area contributed by atoms with Crippen LogP contribution in [0.5, 0.6) is 0 Å². The van der Waals surface area contributed by atoms with E-state index in [-0.39, 0.29) is 12.2 Å². The van der Waals surface area contributed by atoms with Gasteiger partial charge in [-0.25, -0.2) is 4.79 Å². The van der Waals surface area contributed by atoms with Crippen molar-refractivity contribution >= 4 is 11.8 Å². The monoisotopic (exact) mass is 202 g/mol. The molecule has 0 N–H and O–H groups in total. The van der Waals surface area contributed by atoms with Gasteiger partial charge in [-0.2, -0.15) is 0 Å². The minimum Gasteiger partial charge on any atom is -0.467 e. The lowest BCUT2D eigenvalue weighted by atomic mass is 9.95. The van der Waals surface area contributed by atoms with Crippen LogP contribution in [0, 0.1) is 0 Å². The molecule has 80 valence electrons. The minimum atomic E-state index is -1.07. The number of hydrogen-bond donors (Lipinski definition) is 0. The molecular formula is C9H14O5. The predicted octanol–water partition coefficient (Wildman–Crippen LogP) is 0.270. The lowest BCUT2D eigenvalue weighted by Gasteiger charge is -2.34. The molecule has 1 fully saturated rings. The van der Waals surface area contributed by atoms with Crippen LogP contribution >= 0.6 is 0 Å². The number of methoxy groups -OCH3 is 2. The number of Topliss-reactive ketones (excluding diaryl/α,β-unsaturated/α-hetero) is 1. The van der Waals surface area contributed by atoms with Gasteiger partial charge >= 0.3 is 5.97 Å². The first-order valence-corrected chi connectivity index (χ1v) is 4.35. The summed E-state index contributed by atoms with van der Waals surface area (Å²) in [5.41, 5.74) is -1.07. The maximum absolute atomic E-state index is 11.3. The SMILES string of the molecule is COC(=O)C1(C)CCC(=O)C(OC)O1. The van der Waals surface area contributed by atoms with Gasteiger partial charge in [0, 0.05) is 13.5 Å². The largest absolute Gasteiger partial charge is 0.467 e. The zero-order valence-corrected chi connectivity index (χ0v) is 8.53. The summed E-state index contributed by atoms with van der Waals surface area (Å²) >= 11 is 0. The van der Waals surface area contributed by atoms with E-state index in [1.165, 1.54) is 14.2 Å². The topological polar surface area (TPSA) is 61.8 Å². The molecule has 0 aromatic rings. The molecule has 0 amide bonds.